The van der Waals surface area contributed by atoms with Gasteiger partial charge in [-0.05, 0) is 4.53 Å². The van der Waals surface area contributed by atoms with Gasteiger partial charge in [-0.2, -0.15) is 26.3 Å². The van der Waals surface area contributed by atoms with Crippen LogP contribution in [-0.2, 0) is 9.74 Å². The number of hydrogen-bond donors (Lipinski definition) is 0. The van der Waals surface area contributed by atoms with Crippen LogP contribution in [-0.4, -0.2) is 23.7 Å². The molecule has 0 rings (SSSR count). The van der Waals surface area contributed by atoms with Gasteiger partial charge in [-0.3, -0.25) is 4.79 Å². The lowest BCUT2D eigenvalue weighted by atomic mass is 10.1. The number of alkyl halides is 6. The van der Waals surface area contributed by atoms with Gasteiger partial charge < -0.3 is 0 Å². The minimum atomic E-state index is -6.25. The van der Waals surface area contributed by atoms with E-state index in [1.54, 1.807) is 0 Å². The highest BCUT2D eigenvalue weighted by Gasteiger charge is 2.76. The van der Waals surface area contributed by atoms with E-state index < -0.39 is 23.7 Å². The molecule has 0 amide bonds. The van der Waals surface area contributed by atoms with Crippen molar-refractivity contribution in [2.75, 3.05) is 0 Å². The fourth-order valence-corrected chi connectivity index (χ4v) is 0.452. The SMILES string of the molecule is CC(=O)C(F)(F)C(F)(F)C(F)(F)OF. The Morgan fingerprint density at radius 2 is 1.43 bits per heavy atom. The van der Waals surface area contributed by atoms with Crippen LogP contribution in [0.5, 0.6) is 0 Å². The molecule has 0 saturated heterocycles. The quantitative estimate of drug-likeness (QED) is 0.690. The van der Waals surface area contributed by atoms with Crippen molar-refractivity contribution < 1.29 is 40.6 Å². The van der Waals surface area contributed by atoms with Crippen LogP contribution in [0.25, 0.3) is 0 Å². The van der Waals surface area contributed by atoms with Gasteiger partial charge in [0.15, 0.2) is 0 Å². The monoisotopic (exact) mass is 228 g/mol. The molecule has 0 N–H and O–H groups in total. The Kier molecular flexibility index (Phi) is 3.16. The van der Waals surface area contributed by atoms with E-state index in [0.29, 0.717) is 0 Å². The van der Waals surface area contributed by atoms with E-state index in [-0.39, 0.29) is 6.92 Å². The maximum atomic E-state index is 12.2. The van der Waals surface area contributed by atoms with Gasteiger partial charge in [0.25, 0.3) is 0 Å². The fourth-order valence-electron chi connectivity index (χ4n) is 0.452. The highest BCUT2D eigenvalue weighted by molar-refractivity contribution is 5.84. The van der Waals surface area contributed by atoms with Crippen LogP contribution in [0.15, 0.2) is 0 Å². The van der Waals surface area contributed by atoms with E-state index in [1.807, 2.05) is 0 Å². The third-order valence-electron chi connectivity index (χ3n) is 1.30. The predicted octanol–water partition coefficient (Wildman–Crippen LogP) is 2.34. The molecule has 0 bridgehead atoms. The summed E-state index contributed by atoms with van der Waals surface area (Å²) in [4.78, 5) is 11.4. The van der Waals surface area contributed by atoms with E-state index in [0.717, 1.165) is 0 Å². The normalized spacial score (nSPS) is 14.3. The smallest absolute Gasteiger partial charge is 0.293 e. The molecule has 0 unspecified atom stereocenters. The van der Waals surface area contributed by atoms with Crippen LogP contribution >= 0.6 is 0 Å². The van der Waals surface area contributed by atoms with Crippen molar-refractivity contribution in [3.8, 4) is 0 Å². The molecule has 84 valence electrons. The summed E-state index contributed by atoms with van der Waals surface area (Å²) in [7, 11) is 0. The number of halogens is 7. The Morgan fingerprint density at radius 3 is 1.64 bits per heavy atom. The van der Waals surface area contributed by atoms with Crippen molar-refractivity contribution in [3.63, 3.8) is 0 Å². The molecule has 0 aromatic heterocycles. The maximum absolute atomic E-state index is 12.2. The summed E-state index contributed by atoms with van der Waals surface area (Å²) in [5.74, 6) is -14.5. The Labute approximate surface area is 72.5 Å². The number of Topliss-reactive ketones (excluding diaryl/α,β-unsaturated/α-hetero) is 1. The van der Waals surface area contributed by atoms with Crippen LogP contribution in [0.1, 0.15) is 6.92 Å². The Balaban J connectivity index is 5.24. The molecular weight excluding hydrogens is 225 g/mol. The summed E-state index contributed by atoms with van der Waals surface area (Å²) < 4.78 is 83.2. The molecule has 0 heterocycles. The topological polar surface area (TPSA) is 26.3 Å². The first kappa shape index (κ1) is 13.1. The summed E-state index contributed by atoms with van der Waals surface area (Å²) in [5, 5.41) is 0. The van der Waals surface area contributed by atoms with Crippen molar-refractivity contribution in [1.29, 1.82) is 0 Å². The van der Waals surface area contributed by atoms with Gasteiger partial charge >= 0.3 is 18.0 Å². The average molecular weight is 228 g/mol. The number of carbonyl (C=O) groups excluding carboxylic acids is 1. The van der Waals surface area contributed by atoms with Crippen molar-refractivity contribution in [1.82, 2.24) is 0 Å². The molecule has 0 spiro atoms. The molecule has 0 aromatic carbocycles. The predicted molar refractivity (Wildman–Crippen MR) is 27.7 cm³/mol. The van der Waals surface area contributed by atoms with Crippen LogP contribution in [0.4, 0.5) is 30.9 Å². The first-order valence-corrected chi connectivity index (χ1v) is 2.95. The second kappa shape index (κ2) is 3.37. The van der Waals surface area contributed by atoms with Crippen LogP contribution in [0.2, 0.25) is 0 Å². The minimum absolute atomic E-state index is 0.0395. The van der Waals surface area contributed by atoms with Crippen molar-refractivity contribution in [2.45, 2.75) is 24.9 Å². The van der Waals surface area contributed by atoms with Crippen LogP contribution in [0.3, 0.4) is 0 Å². The van der Waals surface area contributed by atoms with Gasteiger partial charge in [0, 0.05) is 6.92 Å². The zero-order chi connectivity index (χ0) is 11.8. The second-order valence-electron chi connectivity index (χ2n) is 2.30. The van der Waals surface area contributed by atoms with Gasteiger partial charge in [-0.15, -0.1) is 4.94 Å². The molecule has 0 aliphatic carbocycles. The lowest BCUT2D eigenvalue weighted by molar-refractivity contribution is -0.448. The molecule has 14 heavy (non-hydrogen) atoms. The summed E-state index contributed by atoms with van der Waals surface area (Å²) in [6.07, 6.45) is -6.07. The van der Waals surface area contributed by atoms with E-state index in [4.69, 9.17) is 0 Å². The van der Waals surface area contributed by atoms with Gasteiger partial charge in [0.1, 0.15) is 0 Å². The molecular formula is C5H3F7O2. The summed E-state index contributed by atoms with van der Waals surface area (Å²) in [6, 6.07) is 0. The number of carbonyl (C=O) groups is 1. The van der Waals surface area contributed by atoms with Gasteiger partial charge in [0.2, 0.25) is 5.78 Å². The molecule has 0 radical (unpaired) electrons. The largest absolute Gasteiger partial charge is 0.456 e. The van der Waals surface area contributed by atoms with Gasteiger partial charge in [0.05, 0.1) is 0 Å². The maximum Gasteiger partial charge on any atom is 0.456 e. The molecule has 0 aliphatic rings. The minimum Gasteiger partial charge on any atom is -0.293 e. The highest BCUT2D eigenvalue weighted by atomic mass is 19.4. The van der Waals surface area contributed by atoms with Crippen molar-refractivity contribution >= 4 is 5.78 Å². The summed E-state index contributed by atoms with van der Waals surface area (Å²) in [5.41, 5.74) is 0. The molecule has 0 atom stereocenters. The number of ketones is 1. The van der Waals surface area contributed by atoms with E-state index in [9.17, 15) is 35.7 Å². The Hall–Kier alpha value is -0.860. The van der Waals surface area contributed by atoms with E-state index in [2.05, 4.69) is 0 Å². The molecule has 0 fully saturated rings. The van der Waals surface area contributed by atoms with Crippen LogP contribution < -0.4 is 0 Å². The van der Waals surface area contributed by atoms with Gasteiger partial charge in [-0.25, -0.2) is 0 Å². The second-order valence-corrected chi connectivity index (χ2v) is 2.30. The van der Waals surface area contributed by atoms with Crippen molar-refractivity contribution in [3.05, 3.63) is 0 Å². The van der Waals surface area contributed by atoms with E-state index >= 15 is 0 Å². The standard InChI is InChI=1S/C5H3F7O2/c1-2(13)3(6,7)4(8,9)5(10,11)14-12/h1H3. The number of rotatable bonds is 4. The lowest BCUT2D eigenvalue weighted by Crippen LogP contribution is -2.57. The molecule has 0 aliphatic heterocycles. The lowest BCUT2D eigenvalue weighted by Gasteiger charge is -2.27. The van der Waals surface area contributed by atoms with Crippen LogP contribution in [0, 0.1) is 0 Å². The zero-order valence-corrected chi connectivity index (χ0v) is 6.46. The molecule has 0 saturated carbocycles. The molecule has 2 nitrogen and oxygen atoms in total. The number of hydrogen-bond acceptors (Lipinski definition) is 2. The highest BCUT2D eigenvalue weighted by Crippen LogP contribution is 2.46. The average Bonchev–Trinajstić information content (AvgIpc) is 2.03. The third-order valence-corrected chi connectivity index (χ3v) is 1.30. The molecule has 9 heteroatoms. The first-order chi connectivity index (χ1) is 6.00. The first-order valence-electron chi connectivity index (χ1n) is 2.95. The van der Waals surface area contributed by atoms with Gasteiger partial charge in [-0.1, -0.05) is 0 Å². The summed E-state index contributed by atoms with van der Waals surface area (Å²) in [6.45, 7) is -0.0395. The van der Waals surface area contributed by atoms with E-state index in [1.165, 1.54) is 4.94 Å². The molecule has 0 aromatic rings. The summed E-state index contributed by atoms with van der Waals surface area (Å²) >= 11 is 0. The Morgan fingerprint density at radius 1 is 1.07 bits per heavy atom. The third kappa shape index (κ3) is 1.68. The Bertz CT molecular complexity index is 236. The zero-order valence-electron chi connectivity index (χ0n) is 6.46. The fraction of sp³-hybridized carbons (Fsp3) is 0.800. The van der Waals surface area contributed by atoms with Crippen molar-refractivity contribution in [2.24, 2.45) is 0 Å².